The number of anilines is 2. The Morgan fingerprint density at radius 1 is 1.38 bits per heavy atom. The van der Waals surface area contributed by atoms with Crippen molar-refractivity contribution in [1.82, 2.24) is 24.3 Å². The van der Waals surface area contributed by atoms with Crippen LogP contribution in [0.4, 0.5) is 10.8 Å². The average Bonchev–Trinajstić information content (AvgIpc) is 3.48. The summed E-state index contributed by atoms with van der Waals surface area (Å²) >= 11 is 1.42. The molecule has 9 heteroatoms. The molecule has 1 aliphatic heterocycles. The number of hydrogen-bond acceptors (Lipinski definition) is 8. The summed E-state index contributed by atoms with van der Waals surface area (Å²) < 4.78 is 11.4. The van der Waals surface area contributed by atoms with E-state index in [0.29, 0.717) is 5.92 Å². The predicted molar refractivity (Wildman–Crippen MR) is 110 cm³/mol. The van der Waals surface area contributed by atoms with Crippen LogP contribution >= 0.6 is 11.5 Å². The summed E-state index contributed by atoms with van der Waals surface area (Å²) in [6.45, 7) is 3.94. The lowest BCUT2D eigenvalue weighted by Gasteiger charge is -2.23. The quantitative estimate of drug-likeness (QED) is 0.531. The van der Waals surface area contributed by atoms with Crippen molar-refractivity contribution in [3.8, 4) is 17.2 Å². The van der Waals surface area contributed by atoms with Gasteiger partial charge in [-0.05, 0) is 43.9 Å². The Morgan fingerprint density at radius 2 is 2.31 bits per heavy atom. The van der Waals surface area contributed by atoms with E-state index in [2.05, 4.69) is 26.2 Å². The van der Waals surface area contributed by atoms with E-state index in [1.807, 2.05) is 19.1 Å². The SMILES string of the molecule is Cc1cc(Nc2cc(C3CCCNC3)nc3c(-c4coc(C#N)c4)cnn23)sn1. The van der Waals surface area contributed by atoms with E-state index < -0.39 is 0 Å². The van der Waals surface area contributed by atoms with E-state index in [1.165, 1.54) is 11.5 Å². The van der Waals surface area contributed by atoms with Crippen LogP contribution in [0.3, 0.4) is 0 Å². The van der Waals surface area contributed by atoms with Gasteiger partial charge in [0.25, 0.3) is 0 Å². The monoisotopic (exact) mass is 405 g/mol. The van der Waals surface area contributed by atoms with E-state index in [9.17, 15) is 0 Å². The first kappa shape index (κ1) is 17.8. The highest BCUT2D eigenvalue weighted by Crippen LogP contribution is 2.32. The van der Waals surface area contributed by atoms with Gasteiger partial charge in [-0.3, -0.25) is 0 Å². The fraction of sp³-hybridized carbons (Fsp3) is 0.300. The number of piperidine rings is 1. The predicted octanol–water partition coefficient (Wildman–Crippen LogP) is 3.84. The number of fused-ring (bicyclic) bond motifs is 1. The number of nitriles is 1. The molecule has 0 aliphatic carbocycles. The van der Waals surface area contributed by atoms with Crippen molar-refractivity contribution < 1.29 is 4.42 Å². The Labute approximate surface area is 171 Å². The fourth-order valence-electron chi connectivity index (χ4n) is 3.67. The van der Waals surface area contributed by atoms with Gasteiger partial charge in [0.15, 0.2) is 5.65 Å². The smallest absolute Gasteiger partial charge is 0.203 e. The highest BCUT2D eigenvalue weighted by Gasteiger charge is 2.21. The van der Waals surface area contributed by atoms with Gasteiger partial charge in [0.05, 0.1) is 17.6 Å². The molecule has 29 heavy (non-hydrogen) atoms. The molecule has 0 amide bonds. The number of furan rings is 1. The molecule has 1 unspecified atom stereocenters. The Balaban J connectivity index is 1.64. The van der Waals surface area contributed by atoms with Gasteiger partial charge in [-0.1, -0.05) is 0 Å². The third-order valence-electron chi connectivity index (χ3n) is 5.11. The lowest BCUT2D eigenvalue weighted by Crippen LogP contribution is -2.29. The van der Waals surface area contributed by atoms with E-state index in [1.54, 1.807) is 23.0 Å². The molecule has 0 bridgehead atoms. The topological polar surface area (TPSA) is 104 Å². The highest BCUT2D eigenvalue weighted by atomic mass is 32.1. The largest absolute Gasteiger partial charge is 0.453 e. The van der Waals surface area contributed by atoms with Gasteiger partial charge in [-0.25, -0.2) is 4.98 Å². The first-order valence-electron chi connectivity index (χ1n) is 9.50. The molecule has 1 fully saturated rings. The number of rotatable bonds is 4. The first-order valence-corrected chi connectivity index (χ1v) is 10.3. The maximum Gasteiger partial charge on any atom is 0.203 e. The van der Waals surface area contributed by atoms with Gasteiger partial charge in [0.1, 0.15) is 23.2 Å². The third kappa shape index (κ3) is 3.37. The second kappa shape index (κ2) is 7.31. The minimum Gasteiger partial charge on any atom is -0.453 e. The Kier molecular flexibility index (Phi) is 4.50. The van der Waals surface area contributed by atoms with Crippen molar-refractivity contribution >= 4 is 28.0 Å². The summed E-state index contributed by atoms with van der Waals surface area (Å²) in [5.74, 6) is 1.46. The molecule has 0 spiro atoms. The third-order valence-corrected chi connectivity index (χ3v) is 5.90. The molecule has 5 rings (SSSR count). The molecular formula is C20H19N7OS. The highest BCUT2D eigenvalue weighted by molar-refractivity contribution is 7.10. The van der Waals surface area contributed by atoms with E-state index in [-0.39, 0.29) is 5.76 Å². The number of nitrogens with one attached hydrogen (secondary N) is 2. The molecule has 146 valence electrons. The van der Waals surface area contributed by atoms with Crippen LogP contribution in [0.15, 0.2) is 35.1 Å². The minimum atomic E-state index is 0.269. The summed E-state index contributed by atoms with van der Waals surface area (Å²) in [6, 6.07) is 7.83. The lowest BCUT2D eigenvalue weighted by molar-refractivity contribution is 0.455. The molecule has 0 aromatic carbocycles. The molecule has 8 nitrogen and oxygen atoms in total. The fourth-order valence-corrected chi connectivity index (χ4v) is 4.34. The van der Waals surface area contributed by atoms with Gasteiger partial charge in [-0.15, -0.1) is 0 Å². The molecule has 2 N–H and O–H groups in total. The standard InChI is InChI=1S/C20H19N7OS/c1-12-5-19(29-26-12)25-18-7-17(13-3-2-4-22-9-13)24-20-16(10-23-27(18)20)14-6-15(8-21)28-11-14/h5-7,10-11,13,22,25H,2-4,9H2,1H3. The average molecular weight is 405 g/mol. The van der Waals surface area contributed by atoms with Crippen LogP contribution in [0.25, 0.3) is 16.8 Å². The van der Waals surface area contributed by atoms with Crippen molar-refractivity contribution in [2.24, 2.45) is 0 Å². The summed E-state index contributed by atoms with van der Waals surface area (Å²) in [7, 11) is 0. The molecule has 0 saturated carbocycles. The number of aryl methyl sites for hydroxylation is 1. The van der Waals surface area contributed by atoms with Gasteiger partial charge < -0.3 is 15.1 Å². The Hall–Kier alpha value is -3.22. The van der Waals surface area contributed by atoms with E-state index in [4.69, 9.17) is 14.7 Å². The molecule has 4 aromatic heterocycles. The van der Waals surface area contributed by atoms with Crippen LogP contribution < -0.4 is 10.6 Å². The van der Waals surface area contributed by atoms with Crippen molar-refractivity contribution in [2.75, 3.05) is 18.4 Å². The van der Waals surface area contributed by atoms with Crippen LogP contribution in [0.2, 0.25) is 0 Å². The number of aromatic nitrogens is 4. The second-order valence-electron chi connectivity index (χ2n) is 7.17. The zero-order chi connectivity index (χ0) is 19.8. The maximum absolute atomic E-state index is 9.08. The summed E-state index contributed by atoms with van der Waals surface area (Å²) in [6.07, 6.45) is 5.57. The molecule has 4 aromatic rings. The van der Waals surface area contributed by atoms with Crippen LogP contribution in [-0.2, 0) is 0 Å². The maximum atomic E-state index is 9.08. The molecule has 1 atom stereocenters. The summed E-state index contributed by atoms with van der Waals surface area (Å²) in [5, 5.41) is 21.5. The van der Waals surface area contributed by atoms with Crippen LogP contribution in [-0.4, -0.2) is 32.1 Å². The summed E-state index contributed by atoms with van der Waals surface area (Å²) in [5.41, 5.74) is 4.37. The Morgan fingerprint density at radius 3 is 3.03 bits per heavy atom. The lowest BCUT2D eigenvalue weighted by atomic mass is 9.96. The zero-order valence-electron chi connectivity index (χ0n) is 15.8. The minimum absolute atomic E-state index is 0.269. The molecule has 1 aliphatic rings. The number of hydrogen-bond donors (Lipinski definition) is 2. The van der Waals surface area contributed by atoms with Gasteiger partial charge in [-0.2, -0.15) is 19.2 Å². The molecule has 1 saturated heterocycles. The van der Waals surface area contributed by atoms with Crippen molar-refractivity contribution in [3.63, 3.8) is 0 Å². The molecule has 0 radical (unpaired) electrons. The van der Waals surface area contributed by atoms with Crippen LogP contribution in [0.1, 0.15) is 35.9 Å². The molecule has 5 heterocycles. The van der Waals surface area contributed by atoms with Crippen molar-refractivity contribution in [3.05, 3.63) is 47.8 Å². The van der Waals surface area contributed by atoms with Crippen molar-refractivity contribution in [2.45, 2.75) is 25.7 Å². The van der Waals surface area contributed by atoms with Crippen LogP contribution in [0.5, 0.6) is 0 Å². The molecular weight excluding hydrogens is 386 g/mol. The van der Waals surface area contributed by atoms with Gasteiger partial charge >= 0.3 is 0 Å². The number of nitrogens with zero attached hydrogens (tertiary/aromatic N) is 5. The first-order chi connectivity index (χ1) is 14.2. The van der Waals surface area contributed by atoms with E-state index >= 15 is 0 Å². The van der Waals surface area contributed by atoms with E-state index in [0.717, 1.165) is 64.9 Å². The zero-order valence-corrected chi connectivity index (χ0v) is 16.7. The van der Waals surface area contributed by atoms with Gasteiger partial charge in [0, 0.05) is 35.7 Å². The second-order valence-corrected chi connectivity index (χ2v) is 7.98. The summed E-state index contributed by atoms with van der Waals surface area (Å²) in [4.78, 5) is 4.96. The van der Waals surface area contributed by atoms with Gasteiger partial charge in [0.2, 0.25) is 5.76 Å². The Bertz CT molecular complexity index is 1210. The normalized spacial score (nSPS) is 16.8. The van der Waals surface area contributed by atoms with Crippen LogP contribution in [0, 0.1) is 18.3 Å². The van der Waals surface area contributed by atoms with Crippen molar-refractivity contribution in [1.29, 1.82) is 5.26 Å².